The van der Waals surface area contributed by atoms with E-state index in [2.05, 4.69) is 4.90 Å². The zero-order valence-electron chi connectivity index (χ0n) is 10.4. The predicted octanol–water partition coefficient (Wildman–Crippen LogP) is 1.13. The van der Waals surface area contributed by atoms with Crippen molar-refractivity contribution in [2.75, 3.05) is 26.3 Å². The van der Waals surface area contributed by atoms with Crippen molar-refractivity contribution in [1.82, 2.24) is 4.90 Å². The maximum atomic E-state index is 9.08. The minimum absolute atomic E-state index is 0.209. The summed E-state index contributed by atoms with van der Waals surface area (Å²) in [6, 6.07) is 0.686. The number of hydrogen-bond donors (Lipinski definition) is 1. The van der Waals surface area contributed by atoms with E-state index in [0.717, 1.165) is 32.5 Å². The Kier molecular flexibility index (Phi) is 3.39. The molecule has 1 unspecified atom stereocenters. The van der Waals surface area contributed by atoms with Crippen molar-refractivity contribution < 1.29 is 14.6 Å². The van der Waals surface area contributed by atoms with Gasteiger partial charge in [-0.25, -0.2) is 0 Å². The van der Waals surface area contributed by atoms with Crippen LogP contribution in [-0.4, -0.2) is 54.2 Å². The molecule has 17 heavy (non-hydrogen) atoms. The maximum Gasteiger partial charge on any atom is 0.168 e. The van der Waals surface area contributed by atoms with Gasteiger partial charge in [-0.3, -0.25) is 4.90 Å². The molecule has 1 heterocycles. The second-order valence-electron chi connectivity index (χ2n) is 5.62. The zero-order chi connectivity index (χ0) is 11.7. The van der Waals surface area contributed by atoms with Crippen LogP contribution >= 0.6 is 0 Å². The molecule has 0 aromatic heterocycles. The summed E-state index contributed by atoms with van der Waals surface area (Å²) in [5, 5.41) is 9.08. The van der Waals surface area contributed by atoms with Crippen LogP contribution in [0.25, 0.3) is 0 Å². The van der Waals surface area contributed by atoms with E-state index < -0.39 is 0 Å². The molecule has 0 bridgehead atoms. The molecule has 1 spiro atoms. The lowest BCUT2D eigenvalue weighted by molar-refractivity contribution is -0.163. The van der Waals surface area contributed by atoms with E-state index in [1.807, 2.05) is 0 Å². The number of aliphatic hydroxyl groups excluding tert-OH is 1. The molecule has 2 saturated carbocycles. The summed E-state index contributed by atoms with van der Waals surface area (Å²) in [5.74, 6) is -0.237. The van der Waals surface area contributed by atoms with Gasteiger partial charge in [0.15, 0.2) is 5.79 Å². The van der Waals surface area contributed by atoms with Crippen LogP contribution in [0, 0.1) is 0 Å². The molecular weight excluding hydrogens is 218 g/mol. The predicted molar refractivity (Wildman–Crippen MR) is 63.7 cm³/mol. The van der Waals surface area contributed by atoms with E-state index >= 15 is 0 Å². The van der Waals surface area contributed by atoms with Crippen LogP contribution in [0.15, 0.2) is 0 Å². The zero-order valence-corrected chi connectivity index (χ0v) is 10.4. The van der Waals surface area contributed by atoms with Crippen LogP contribution in [0.2, 0.25) is 0 Å². The Morgan fingerprint density at radius 2 is 2.00 bits per heavy atom. The van der Waals surface area contributed by atoms with Gasteiger partial charge in [-0.2, -0.15) is 0 Å². The van der Waals surface area contributed by atoms with E-state index in [1.54, 1.807) is 0 Å². The number of rotatable bonds is 5. The Morgan fingerprint density at radius 3 is 2.65 bits per heavy atom. The molecule has 3 fully saturated rings. The van der Waals surface area contributed by atoms with Gasteiger partial charge >= 0.3 is 0 Å². The van der Waals surface area contributed by atoms with Crippen LogP contribution in [0.5, 0.6) is 0 Å². The first kappa shape index (κ1) is 11.9. The Labute approximate surface area is 103 Å². The first-order valence-corrected chi connectivity index (χ1v) is 6.98. The first-order valence-electron chi connectivity index (χ1n) is 6.98. The molecular formula is C13H23NO3. The third-order valence-electron chi connectivity index (χ3n) is 4.17. The van der Waals surface area contributed by atoms with Crippen molar-refractivity contribution in [2.45, 2.75) is 56.5 Å². The molecule has 1 atom stereocenters. The van der Waals surface area contributed by atoms with Crippen LogP contribution in [0.4, 0.5) is 0 Å². The average molecular weight is 241 g/mol. The Morgan fingerprint density at radius 1 is 1.24 bits per heavy atom. The lowest BCUT2D eigenvalue weighted by atomic mass is 10.2. The van der Waals surface area contributed by atoms with Gasteiger partial charge in [-0.1, -0.05) is 0 Å². The molecule has 98 valence electrons. The minimum atomic E-state index is -0.237. The minimum Gasteiger partial charge on any atom is -0.395 e. The number of aliphatic hydroxyl groups is 1. The largest absolute Gasteiger partial charge is 0.395 e. The number of hydrogen-bond acceptors (Lipinski definition) is 4. The first-order chi connectivity index (χ1) is 8.31. The van der Waals surface area contributed by atoms with Crippen molar-refractivity contribution in [1.29, 1.82) is 0 Å². The van der Waals surface area contributed by atoms with Crippen molar-refractivity contribution in [3.8, 4) is 0 Å². The fourth-order valence-corrected chi connectivity index (χ4v) is 3.14. The van der Waals surface area contributed by atoms with Crippen LogP contribution < -0.4 is 0 Å². The molecule has 3 aliphatic rings. The van der Waals surface area contributed by atoms with Gasteiger partial charge in [0.2, 0.25) is 0 Å². The molecule has 1 N–H and O–H groups in total. The summed E-state index contributed by atoms with van der Waals surface area (Å²) in [7, 11) is 0. The Bertz CT molecular complexity index is 261. The van der Waals surface area contributed by atoms with Crippen LogP contribution in [0.3, 0.4) is 0 Å². The highest BCUT2D eigenvalue weighted by Gasteiger charge is 2.44. The Balaban J connectivity index is 1.51. The fourth-order valence-electron chi connectivity index (χ4n) is 3.14. The third kappa shape index (κ3) is 2.65. The maximum absolute atomic E-state index is 9.08. The van der Waals surface area contributed by atoms with Gasteiger partial charge in [-0.15, -0.1) is 0 Å². The SMILES string of the molecule is OCCN(CC1COC2(CCCC2)O1)C1CC1. The summed E-state index contributed by atoms with van der Waals surface area (Å²) in [5.41, 5.74) is 0. The van der Waals surface area contributed by atoms with Crippen LogP contribution in [-0.2, 0) is 9.47 Å². The normalized spacial score (nSPS) is 31.8. The van der Waals surface area contributed by atoms with Crippen LogP contribution in [0.1, 0.15) is 38.5 Å². The summed E-state index contributed by atoms with van der Waals surface area (Å²) < 4.78 is 12.0. The lowest BCUT2D eigenvalue weighted by Crippen LogP contribution is -2.38. The standard InChI is InChI=1S/C13H23NO3/c15-8-7-14(11-3-4-11)9-12-10-16-13(17-12)5-1-2-6-13/h11-12,15H,1-10H2. The molecule has 4 heteroatoms. The van der Waals surface area contributed by atoms with Gasteiger partial charge < -0.3 is 14.6 Å². The summed E-state index contributed by atoms with van der Waals surface area (Å²) >= 11 is 0. The second-order valence-corrected chi connectivity index (χ2v) is 5.62. The van der Waals surface area contributed by atoms with E-state index in [0.29, 0.717) is 6.04 Å². The third-order valence-corrected chi connectivity index (χ3v) is 4.17. The summed E-state index contributed by atoms with van der Waals surface area (Å²) in [6.45, 7) is 2.67. The molecule has 1 saturated heterocycles. The molecule has 2 aliphatic carbocycles. The quantitative estimate of drug-likeness (QED) is 0.783. The van der Waals surface area contributed by atoms with Crippen molar-refractivity contribution >= 4 is 0 Å². The van der Waals surface area contributed by atoms with Crippen molar-refractivity contribution in [3.05, 3.63) is 0 Å². The molecule has 0 amide bonds. The fraction of sp³-hybridized carbons (Fsp3) is 1.00. The Hall–Kier alpha value is -0.160. The van der Waals surface area contributed by atoms with Gasteiger partial charge in [0.25, 0.3) is 0 Å². The summed E-state index contributed by atoms with van der Waals surface area (Å²) in [4.78, 5) is 2.36. The highest BCUT2D eigenvalue weighted by Crippen LogP contribution is 2.39. The smallest absolute Gasteiger partial charge is 0.168 e. The average Bonchev–Trinajstić information content (AvgIpc) is 2.97. The number of nitrogens with zero attached hydrogens (tertiary/aromatic N) is 1. The molecule has 4 nitrogen and oxygen atoms in total. The van der Waals surface area contributed by atoms with Gasteiger partial charge in [0.05, 0.1) is 19.3 Å². The highest BCUT2D eigenvalue weighted by atomic mass is 16.7. The van der Waals surface area contributed by atoms with E-state index in [4.69, 9.17) is 14.6 Å². The van der Waals surface area contributed by atoms with E-state index in [9.17, 15) is 0 Å². The van der Waals surface area contributed by atoms with Gasteiger partial charge in [-0.05, 0) is 25.7 Å². The lowest BCUT2D eigenvalue weighted by Gasteiger charge is -2.26. The van der Waals surface area contributed by atoms with Gasteiger partial charge in [0, 0.05) is 32.0 Å². The monoisotopic (exact) mass is 241 g/mol. The highest BCUT2D eigenvalue weighted by molar-refractivity contribution is 4.89. The molecule has 1 aliphatic heterocycles. The molecule has 0 aromatic carbocycles. The van der Waals surface area contributed by atoms with Gasteiger partial charge in [0.1, 0.15) is 0 Å². The van der Waals surface area contributed by atoms with Crippen molar-refractivity contribution in [3.63, 3.8) is 0 Å². The molecule has 3 rings (SSSR count). The van der Waals surface area contributed by atoms with E-state index in [-0.39, 0.29) is 18.5 Å². The molecule has 0 aromatic rings. The second kappa shape index (κ2) is 4.84. The number of ether oxygens (including phenoxy) is 2. The van der Waals surface area contributed by atoms with E-state index in [1.165, 1.54) is 25.7 Å². The molecule has 0 radical (unpaired) electrons. The topological polar surface area (TPSA) is 41.9 Å². The summed E-state index contributed by atoms with van der Waals surface area (Å²) in [6.07, 6.45) is 7.35. The van der Waals surface area contributed by atoms with Crippen molar-refractivity contribution in [2.24, 2.45) is 0 Å².